The van der Waals surface area contributed by atoms with E-state index < -0.39 is 17.9 Å². The predicted octanol–water partition coefficient (Wildman–Crippen LogP) is 2.45. The van der Waals surface area contributed by atoms with Crippen LogP contribution >= 0.6 is 0 Å². The molecule has 26 heavy (non-hydrogen) atoms. The van der Waals surface area contributed by atoms with Gasteiger partial charge in [-0.25, -0.2) is 14.4 Å². The van der Waals surface area contributed by atoms with E-state index in [0.717, 1.165) is 19.6 Å². The summed E-state index contributed by atoms with van der Waals surface area (Å²) in [6.45, 7) is 4.50. The van der Waals surface area contributed by atoms with Crippen LogP contribution in [0.25, 0.3) is 0 Å². The molecule has 0 radical (unpaired) electrons. The van der Waals surface area contributed by atoms with Crippen molar-refractivity contribution in [3.8, 4) is 5.75 Å². The lowest BCUT2D eigenvalue weighted by atomic mass is 10.1. The van der Waals surface area contributed by atoms with Crippen LogP contribution in [-0.4, -0.2) is 43.8 Å². The number of ether oxygens (including phenoxy) is 3. The third kappa shape index (κ3) is 6.46. The van der Waals surface area contributed by atoms with Crippen LogP contribution in [0.4, 0.5) is 5.69 Å². The lowest BCUT2D eigenvalue weighted by Crippen LogP contribution is -2.16. The van der Waals surface area contributed by atoms with Crippen LogP contribution in [0.2, 0.25) is 0 Å². The molecule has 0 unspecified atom stereocenters. The van der Waals surface area contributed by atoms with Crippen molar-refractivity contribution >= 4 is 23.6 Å². The van der Waals surface area contributed by atoms with Gasteiger partial charge in [-0.3, -0.25) is 0 Å². The Morgan fingerprint density at radius 1 is 1.19 bits per heavy atom. The molecule has 8 heteroatoms. The number of esters is 2. The molecule has 0 amide bonds. The fourth-order valence-corrected chi connectivity index (χ4v) is 1.87. The zero-order valence-electron chi connectivity index (χ0n) is 15.2. The van der Waals surface area contributed by atoms with Crippen molar-refractivity contribution in [2.45, 2.75) is 20.3 Å². The molecule has 0 saturated heterocycles. The summed E-state index contributed by atoms with van der Waals surface area (Å²) in [7, 11) is 2.32. The molecule has 0 atom stereocenters. The Morgan fingerprint density at radius 3 is 2.42 bits per heavy atom. The lowest BCUT2D eigenvalue weighted by Gasteiger charge is -2.15. The molecular weight excluding hydrogens is 342 g/mol. The number of methoxy groups -OCH3 is 2. The standard InChI is InChI=1S/C18H23NO7/c1-11(2)7-8-26-15-6-5-12(17(21)22)9-13(15)19-14(18(23)25-4)10-16(20)24-3/h5-6,9-11,19H,7-8H2,1-4H3,(H,21,22)/b14-10+. The zero-order chi connectivity index (χ0) is 19.7. The summed E-state index contributed by atoms with van der Waals surface area (Å²) in [6, 6.07) is 4.18. The van der Waals surface area contributed by atoms with Gasteiger partial charge in [-0.2, -0.15) is 0 Å². The number of carboxylic acids is 1. The summed E-state index contributed by atoms with van der Waals surface area (Å²) < 4.78 is 14.8. The van der Waals surface area contributed by atoms with Crippen molar-refractivity contribution in [1.29, 1.82) is 0 Å². The van der Waals surface area contributed by atoms with Gasteiger partial charge in [-0.1, -0.05) is 13.8 Å². The van der Waals surface area contributed by atoms with Gasteiger partial charge in [-0.05, 0) is 30.5 Å². The van der Waals surface area contributed by atoms with E-state index in [-0.39, 0.29) is 16.9 Å². The van der Waals surface area contributed by atoms with Gasteiger partial charge in [0.2, 0.25) is 0 Å². The van der Waals surface area contributed by atoms with Crippen LogP contribution in [0.1, 0.15) is 30.6 Å². The zero-order valence-corrected chi connectivity index (χ0v) is 15.2. The summed E-state index contributed by atoms with van der Waals surface area (Å²) in [5, 5.41) is 11.9. The molecule has 0 saturated carbocycles. The summed E-state index contributed by atoms with van der Waals surface area (Å²) >= 11 is 0. The van der Waals surface area contributed by atoms with E-state index in [2.05, 4.69) is 14.8 Å². The molecule has 0 aromatic heterocycles. The maximum Gasteiger partial charge on any atom is 0.354 e. The fraction of sp³-hybridized carbons (Fsp3) is 0.389. The fourth-order valence-electron chi connectivity index (χ4n) is 1.87. The number of carbonyl (C=O) groups is 3. The number of anilines is 1. The maximum absolute atomic E-state index is 11.9. The molecule has 1 aromatic rings. The largest absolute Gasteiger partial charge is 0.491 e. The second-order valence-electron chi connectivity index (χ2n) is 5.74. The first-order chi connectivity index (χ1) is 12.3. The highest BCUT2D eigenvalue weighted by Crippen LogP contribution is 2.28. The molecular formula is C18H23NO7. The van der Waals surface area contributed by atoms with Gasteiger partial charge >= 0.3 is 17.9 Å². The highest BCUT2D eigenvalue weighted by atomic mass is 16.5. The minimum absolute atomic E-state index is 0.00834. The average Bonchev–Trinajstić information content (AvgIpc) is 2.60. The van der Waals surface area contributed by atoms with E-state index >= 15 is 0 Å². The van der Waals surface area contributed by atoms with Gasteiger partial charge in [0.05, 0.1) is 38.2 Å². The van der Waals surface area contributed by atoms with E-state index in [9.17, 15) is 19.5 Å². The lowest BCUT2D eigenvalue weighted by molar-refractivity contribution is -0.138. The summed E-state index contributed by atoms with van der Waals surface area (Å²) in [5.74, 6) is -1.96. The van der Waals surface area contributed by atoms with Gasteiger partial charge in [0.15, 0.2) is 0 Å². The number of benzene rings is 1. The van der Waals surface area contributed by atoms with Crippen LogP contribution in [0, 0.1) is 5.92 Å². The quantitative estimate of drug-likeness (QED) is 0.507. The van der Waals surface area contributed by atoms with Crippen molar-refractivity contribution in [2.24, 2.45) is 5.92 Å². The minimum atomic E-state index is -1.14. The third-order valence-corrected chi connectivity index (χ3v) is 3.32. The Labute approximate surface area is 151 Å². The highest BCUT2D eigenvalue weighted by molar-refractivity contribution is 5.99. The Bertz CT molecular complexity index is 695. The van der Waals surface area contributed by atoms with Crippen molar-refractivity contribution < 1.29 is 33.7 Å². The molecule has 0 aliphatic carbocycles. The Morgan fingerprint density at radius 2 is 1.88 bits per heavy atom. The molecule has 142 valence electrons. The summed E-state index contributed by atoms with van der Waals surface area (Å²) in [4.78, 5) is 34.6. The van der Waals surface area contributed by atoms with E-state index in [1.165, 1.54) is 25.3 Å². The predicted molar refractivity (Wildman–Crippen MR) is 94.1 cm³/mol. The second kappa shape index (κ2) is 10.1. The Kier molecular flexibility index (Phi) is 8.14. The van der Waals surface area contributed by atoms with Crippen molar-refractivity contribution in [2.75, 3.05) is 26.1 Å². The number of rotatable bonds is 9. The van der Waals surface area contributed by atoms with Crippen molar-refractivity contribution in [1.82, 2.24) is 0 Å². The van der Waals surface area contributed by atoms with E-state index in [1.807, 2.05) is 13.8 Å². The normalized spacial score (nSPS) is 11.0. The number of hydrogen-bond donors (Lipinski definition) is 2. The smallest absolute Gasteiger partial charge is 0.354 e. The number of aromatic carboxylic acids is 1. The molecule has 8 nitrogen and oxygen atoms in total. The minimum Gasteiger partial charge on any atom is -0.491 e. The molecule has 1 rings (SSSR count). The van der Waals surface area contributed by atoms with Gasteiger partial charge in [-0.15, -0.1) is 0 Å². The molecule has 0 spiro atoms. The summed E-state index contributed by atoms with van der Waals surface area (Å²) in [5.41, 5.74) is -0.00389. The molecule has 0 heterocycles. The van der Waals surface area contributed by atoms with Crippen LogP contribution in [-0.2, 0) is 19.1 Å². The maximum atomic E-state index is 11.9. The van der Waals surface area contributed by atoms with E-state index in [0.29, 0.717) is 18.3 Å². The van der Waals surface area contributed by atoms with Crippen LogP contribution in [0.3, 0.4) is 0 Å². The molecule has 0 aliphatic heterocycles. The van der Waals surface area contributed by atoms with Gasteiger partial charge in [0.25, 0.3) is 0 Å². The Balaban J connectivity index is 3.20. The topological polar surface area (TPSA) is 111 Å². The van der Waals surface area contributed by atoms with Crippen molar-refractivity contribution in [3.63, 3.8) is 0 Å². The third-order valence-electron chi connectivity index (χ3n) is 3.32. The van der Waals surface area contributed by atoms with E-state index in [4.69, 9.17) is 4.74 Å². The molecule has 0 bridgehead atoms. The van der Waals surface area contributed by atoms with Crippen LogP contribution in [0.15, 0.2) is 30.0 Å². The first-order valence-electron chi connectivity index (χ1n) is 7.93. The second-order valence-corrected chi connectivity index (χ2v) is 5.74. The Hall–Kier alpha value is -3.03. The van der Waals surface area contributed by atoms with Crippen molar-refractivity contribution in [3.05, 3.63) is 35.5 Å². The number of hydrogen-bond acceptors (Lipinski definition) is 7. The highest BCUT2D eigenvalue weighted by Gasteiger charge is 2.17. The number of nitrogens with one attached hydrogen (secondary N) is 1. The number of carbonyl (C=O) groups excluding carboxylic acids is 2. The average molecular weight is 365 g/mol. The van der Waals surface area contributed by atoms with Crippen LogP contribution < -0.4 is 10.1 Å². The molecule has 2 N–H and O–H groups in total. The van der Waals surface area contributed by atoms with Crippen LogP contribution in [0.5, 0.6) is 5.75 Å². The monoisotopic (exact) mass is 365 g/mol. The first-order valence-corrected chi connectivity index (χ1v) is 7.93. The SMILES string of the molecule is COC(=O)/C=C(/Nc1cc(C(=O)O)ccc1OCCC(C)C)C(=O)OC. The van der Waals surface area contributed by atoms with Gasteiger partial charge in [0.1, 0.15) is 11.4 Å². The van der Waals surface area contributed by atoms with Gasteiger partial charge < -0.3 is 24.6 Å². The molecule has 0 aliphatic rings. The van der Waals surface area contributed by atoms with Gasteiger partial charge in [0, 0.05) is 0 Å². The molecule has 0 fully saturated rings. The number of carboxylic acid groups (broad SMARTS) is 1. The van der Waals surface area contributed by atoms with E-state index in [1.54, 1.807) is 0 Å². The molecule has 1 aromatic carbocycles. The summed E-state index contributed by atoms with van der Waals surface area (Å²) in [6.07, 6.45) is 1.71. The first kappa shape index (κ1) is 21.0.